The van der Waals surface area contributed by atoms with E-state index in [9.17, 15) is 13.3 Å². The summed E-state index contributed by atoms with van der Waals surface area (Å²) in [6, 6.07) is 8.33. The Labute approximate surface area is 188 Å². The molecule has 31 heavy (non-hydrogen) atoms. The molecule has 1 aromatic carbocycles. The molecule has 9 heteroatoms. The van der Waals surface area contributed by atoms with E-state index in [1.54, 1.807) is 12.3 Å². The van der Waals surface area contributed by atoms with Gasteiger partial charge in [0.05, 0.1) is 17.2 Å². The molecule has 5 nitrogen and oxygen atoms in total. The van der Waals surface area contributed by atoms with Crippen LogP contribution in [0.4, 0.5) is 8.78 Å². The summed E-state index contributed by atoms with van der Waals surface area (Å²) in [5.41, 5.74) is 1.10. The van der Waals surface area contributed by atoms with Crippen LogP contribution in [0.1, 0.15) is 50.8 Å². The van der Waals surface area contributed by atoms with E-state index in [4.69, 9.17) is 4.89 Å². The molecule has 0 bridgehead atoms. The highest BCUT2D eigenvalue weighted by atomic mass is 32.2. The molecule has 1 atom stereocenters. The van der Waals surface area contributed by atoms with Gasteiger partial charge in [-0.2, -0.15) is 0 Å². The van der Waals surface area contributed by atoms with Crippen LogP contribution in [0.2, 0.25) is 0 Å². The van der Waals surface area contributed by atoms with E-state index in [0.717, 1.165) is 30.6 Å². The van der Waals surface area contributed by atoms with E-state index in [1.165, 1.54) is 23.9 Å². The average Bonchev–Trinajstić information content (AvgIpc) is 2.71. The summed E-state index contributed by atoms with van der Waals surface area (Å²) >= 11 is 1.44. The molecule has 2 rings (SSSR count). The Hall–Kier alpha value is -1.31. The van der Waals surface area contributed by atoms with Crippen LogP contribution in [0.25, 0.3) is 0 Å². The van der Waals surface area contributed by atoms with Gasteiger partial charge in [0.25, 0.3) is 0 Å². The number of halogens is 2. The molecule has 1 aromatic heterocycles. The normalized spacial score (nSPS) is 12.8. The maximum Gasteiger partial charge on any atom is 0.316 e. The molecule has 0 radical (unpaired) electrons. The number of hydrogen-bond acceptors (Lipinski definition) is 5. The van der Waals surface area contributed by atoms with Crippen LogP contribution in [0.5, 0.6) is 0 Å². The van der Waals surface area contributed by atoms with Crippen LogP contribution in [-0.2, 0) is 21.0 Å². The van der Waals surface area contributed by atoms with Gasteiger partial charge >= 0.3 is 8.25 Å². The molecule has 0 aliphatic heterocycles. The number of unbranched alkanes of at least 4 members (excludes halogenated alkanes) is 1. The number of hydrogen-bond donors (Lipinski definition) is 2. The van der Waals surface area contributed by atoms with E-state index < -0.39 is 8.25 Å². The number of nitrogens with zero attached hydrogens (tertiary/aromatic N) is 1. The molecule has 0 saturated heterocycles. The number of pyridine rings is 1. The fourth-order valence-corrected chi connectivity index (χ4v) is 4.44. The first-order valence-electron chi connectivity index (χ1n) is 10.4. The second kappa shape index (κ2) is 13.3. The van der Waals surface area contributed by atoms with Crippen molar-refractivity contribution >= 4 is 20.0 Å². The van der Waals surface area contributed by atoms with Crippen molar-refractivity contribution in [1.82, 2.24) is 10.3 Å². The van der Waals surface area contributed by atoms with Crippen molar-refractivity contribution in [1.29, 1.82) is 0 Å². The highest BCUT2D eigenvalue weighted by Crippen LogP contribution is 2.31. The number of rotatable bonds is 14. The number of benzene rings is 1. The molecule has 172 valence electrons. The smallest absolute Gasteiger partial charge is 0.316 e. The molecule has 1 unspecified atom stereocenters. The Bertz CT molecular complexity index is 855. The van der Waals surface area contributed by atoms with E-state index >= 15 is 0 Å². The maximum absolute atomic E-state index is 14.3. The first kappa shape index (κ1) is 25.9. The number of thioether (sulfide) groups is 1. The summed E-state index contributed by atoms with van der Waals surface area (Å²) in [7, 11) is -2.87. The average molecular weight is 473 g/mol. The fourth-order valence-electron chi connectivity index (χ4n) is 3.23. The zero-order valence-corrected chi connectivity index (χ0v) is 19.8. The predicted molar refractivity (Wildman–Crippen MR) is 122 cm³/mol. The Morgan fingerprint density at radius 2 is 1.97 bits per heavy atom. The Morgan fingerprint density at radius 3 is 2.68 bits per heavy atom. The third-order valence-electron chi connectivity index (χ3n) is 4.96. The van der Waals surface area contributed by atoms with Gasteiger partial charge in [0.15, 0.2) is 0 Å². The van der Waals surface area contributed by atoms with Gasteiger partial charge in [-0.1, -0.05) is 38.5 Å². The van der Waals surface area contributed by atoms with Gasteiger partial charge in [-0.15, -0.1) is 11.8 Å². The Morgan fingerprint density at radius 1 is 1.19 bits per heavy atom. The minimum Gasteiger partial charge on any atom is -0.326 e. The second-order valence-corrected chi connectivity index (χ2v) is 9.88. The van der Waals surface area contributed by atoms with Gasteiger partial charge in [0.1, 0.15) is 11.6 Å². The van der Waals surface area contributed by atoms with Crippen molar-refractivity contribution in [3.05, 3.63) is 59.4 Å². The minimum absolute atomic E-state index is 0.166. The van der Waals surface area contributed by atoms with Crippen molar-refractivity contribution in [3.63, 3.8) is 0 Å². The van der Waals surface area contributed by atoms with Crippen molar-refractivity contribution in [2.24, 2.45) is 0 Å². The summed E-state index contributed by atoms with van der Waals surface area (Å²) in [5, 5.41) is 3.10. The summed E-state index contributed by atoms with van der Waals surface area (Å²) in [4.78, 5) is 13.4. The summed E-state index contributed by atoms with van der Waals surface area (Å²) in [6.45, 7) is 5.31. The third kappa shape index (κ3) is 9.38. The summed E-state index contributed by atoms with van der Waals surface area (Å²) < 4.78 is 43.4. The molecule has 1 heterocycles. The van der Waals surface area contributed by atoms with Gasteiger partial charge in [0.2, 0.25) is 0 Å². The maximum atomic E-state index is 14.3. The van der Waals surface area contributed by atoms with Crippen LogP contribution in [0, 0.1) is 11.6 Å². The highest BCUT2D eigenvalue weighted by Gasteiger charge is 2.23. The van der Waals surface area contributed by atoms with E-state index in [-0.39, 0.29) is 23.7 Å². The summed E-state index contributed by atoms with van der Waals surface area (Å²) in [6.07, 6.45) is 4.84. The first-order valence-corrected chi connectivity index (χ1v) is 12.6. The first-order chi connectivity index (χ1) is 14.8. The van der Waals surface area contributed by atoms with Gasteiger partial charge in [0, 0.05) is 12.7 Å². The SMILES string of the molecule is CC(C)(CCCCSc1cnc(CNCCCO[PH](=O)O)cc1F)c1ccccc1F. The molecule has 0 fully saturated rings. The second-order valence-electron chi connectivity index (χ2n) is 7.92. The van der Waals surface area contributed by atoms with Crippen LogP contribution in [0.3, 0.4) is 0 Å². The largest absolute Gasteiger partial charge is 0.326 e. The molecule has 2 aromatic rings. The number of aromatic nitrogens is 1. The standard InChI is InChI=1S/C22H31F2N2O3PS/c1-22(2,18-8-3-4-9-19(18)23)10-5-6-13-31-21-16-26-17(14-20(21)24)15-25-11-7-12-29-30(27)28/h3-4,8-9,14,16,25,30H,5-7,10-13,15H2,1-2H3,(H,27,28). The quantitative estimate of drug-likeness (QED) is 0.216. The molecule has 0 aliphatic carbocycles. The topological polar surface area (TPSA) is 71.5 Å². The lowest BCUT2D eigenvalue weighted by molar-refractivity contribution is 0.276. The lowest BCUT2D eigenvalue weighted by Crippen LogP contribution is -2.18. The molecule has 0 spiro atoms. The van der Waals surface area contributed by atoms with E-state index in [1.807, 2.05) is 12.1 Å². The van der Waals surface area contributed by atoms with Crippen LogP contribution >= 0.6 is 20.0 Å². The fraction of sp³-hybridized carbons (Fsp3) is 0.500. The van der Waals surface area contributed by atoms with Crippen LogP contribution in [-0.4, -0.2) is 28.8 Å². The predicted octanol–water partition coefficient (Wildman–Crippen LogP) is 5.48. The van der Waals surface area contributed by atoms with Crippen molar-refractivity contribution in [2.45, 2.75) is 56.4 Å². The highest BCUT2D eigenvalue weighted by molar-refractivity contribution is 7.99. The minimum atomic E-state index is -2.87. The molecule has 0 saturated carbocycles. The lowest BCUT2D eigenvalue weighted by Gasteiger charge is -2.25. The van der Waals surface area contributed by atoms with Crippen LogP contribution < -0.4 is 5.32 Å². The zero-order valence-electron chi connectivity index (χ0n) is 18.0. The van der Waals surface area contributed by atoms with Gasteiger partial charge in [-0.05, 0) is 54.7 Å². The van der Waals surface area contributed by atoms with E-state index in [2.05, 4.69) is 28.7 Å². The molecule has 0 aliphatic rings. The van der Waals surface area contributed by atoms with Crippen LogP contribution in [0.15, 0.2) is 41.4 Å². The van der Waals surface area contributed by atoms with Gasteiger partial charge in [-0.25, -0.2) is 8.78 Å². The van der Waals surface area contributed by atoms with Crippen molar-refractivity contribution in [2.75, 3.05) is 18.9 Å². The molecular weight excluding hydrogens is 441 g/mol. The van der Waals surface area contributed by atoms with Gasteiger partial charge in [-0.3, -0.25) is 9.55 Å². The Kier molecular flexibility index (Phi) is 11.1. The third-order valence-corrected chi connectivity index (χ3v) is 6.52. The monoisotopic (exact) mass is 472 g/mol. The zero-order chi connectivity index (χ0) is 22.7. The molecule has 2 N–H and O–H groups in total. The molecule has 0 amide bonds. The van der Waals surface area contributed by atoms with Crippen molar-refractivity contribution in [3.8, 4) is 0 Å². The lowest BCUT2D eigenvalue weighted by atomic mass is 9.80. The van der Waals surface area contributed by atoms with E-state index in [0.29, 0.717) is 30.1 Å². The number of nitrogens with one attached hydrogen (secondary N) is 1. The Balaban J connectivity index is 1.68. The summed E-state index contributed by atoms with van der Waals surface area (Å²) in [5.74, 6) is 0.323. The van der Waals surface area contributed by atoms with Crippen molar-refractivity contribution < 1.29 is 22.8 Å². The van der Waals surface area contributed by atoms with Gasteiger partial charge < -0.3 is 14.7 Å². The molecular formula is C22H31F2N2O3PS.